The number of hydrogen-bond acceptors (Lipinski definition) is 8. The lowest BCUT2D eigenvalue weighted by Gasteiger charge is -2.35. The molecule has 4 aliphatic rings. The van der Waals surface area contributed by atoms with E-state index in [0.717, 1.165) is 42.8 Å². The fourth-order valence-corrected chi connectivity index (χ4v) is 8.71. The number of halogens is 1. The Kier molecular flexibility index (Phi) is 10.2. The molecule has 4 atom stereocenters. The van der Waals surface area contributed by atoms with Crippen molar-refractivity contribution < 1.29 is 32.3 Å². The first kappa shape index (κ1) is 34.7. The van der Waals surface area contributed by atoms with E-state index in [2.05, 4.69) is 37.9 Å². The van der Waals surface area contributed by atoms with Gasteiger partial charge < -0.3 is 20.3 Å². The SMILES string of the molecule is C=C[C@@H]1C[C@]1(NC(=O)[C@@H]1CN(S(=O)(=O)c2cccc(Br)c2)CN1C(=O)[C@@H](NC(=O)OC1CCCC1)C(C)(C)C)C(=O)NSC1CC1. The minimum atomic E-state index is -4.15. The summed E-state index contributed by atoms with van der Waals surface area (Å²) in [4.78, 5) is 55.8. The summed E-state index contributed by atoms with van der Waals surface area (Å²) < 4.78 is 37.6. The zero-order valence-electron chi connectivity index (χ0n) is 26.3. The molecule has 0 aromatic heterocycles. The summed E-state index contributed by atoms with van der Waals surface area (Å²) in [5.74, 6) is -1.99. The monoisotopic (exact) mass is 739 g/mol. The van der Waals surface area contributed by atoms with Crippen molar-refractivity contribution in [1.29, 1.82) is 0 Å². The summed E-state index contributed by atoms with van der Waals surface area (Å²) >= 11 is 4.64. The van der Waals surface area contributed by atoms with Gasteiger partial charge in [-0.15, -0.1) is 6.58 Å². The lowest BCUT2D eigenvalue weighted by atomic mass is 9.85. The van der Waals surface area contributed by atoms with Crippen LogP contribution in [0, 0.1) is 11.3 Å². The van der Waals surface area contributed by atoms with Gasteiger partial charge in [0.15, 0.2) is 0 Å². The fraction of sp³-hybridized carbons (Fsp3) is 0.613. The zero-order valence-corrected chi connectivity index (χ0v) is 29.5. The van der Waals surface area contributed by atoms with Gasteiger partial charge in [0.1, 0.15) is 23.7 Å². The second-order valence-corrected chi connectivity index (χ2v) is 17.5. The Morgan fingerprint density at radius 2 is 1.85 bits per heavy atom. The van der Waals surface area contributed by atoms with E-state index in [1.54, 1.807) is 39.0 Å². The van der Waals surface area contributed by atoms with E-state index in [0.29, 0.717) is 16.1 Å². The molecule has 3 N–H and O–H groups in total. The Morgan fingerprint density at radius 3 is 2.43 bits per heavy atom. The van der Waals surface area contributed by atoms with E-state index >= 15 is 0 Å². The Morgan fingerprint density at radius 1 is 1.15 bits per heavy atom. The van der Waals surface area contributed by atoms with Gasteiger partial charge in [-0.2, -0.15) is 4.31 Å². The molecule has 252 valence electrons. The van der Waals surface area contributed by atoms with Gasteiger partial charge in [-0.25, -0.2) is 13.2 Å². The molecule has 3 aliphatic carbocycles. The van der Waals surface area contributed by atoms with Crippen LogP contribution in [-0.2, 0) is 29.1 Å². The van der Waals surface area contributed by atoms with Gasteiger partial charge >= 0.3 is 6.09 Å². The normalized spacial score (nSPS) is 25.9. The summed E-state index contributed by atoms with van der Waals surface area (Å²) in [5.41, 5.74) is -2.08. The number of benzene rings is 1. The maximum Gasteiger partial charge on any atom is 0.408 e. The van der Waals surface area contributed by atoms with Crippen LogP contribution < -0.4 is 15.4 Å². The second-order valence-electron chi connectivity index (χ2n) is 13.6. The predicted molar refractivity (Wildman–Crippen MR) is 177 cm³/mol. The molecule has 12 nitrogen and oxygen atoms in total. The lowest BCUT2D eigenvalue weighted by Crippen LogP contribution is -2.60. The summed E-state index contributed by atoms with van der Waals surface area (Å²) in [6.45, 7) is 8.33. The maximum atomic E-state index is 14.3. The molecule has 46 heavy (non-hydrogen) atoms. The number of carbonyl (C=O) groups excluding carboxylic acids is 4. The summed E-state index contributed by atoms with van der Waals surface area (Å²) in [7, 11) is -4.15. The van der Waals surface area contributed by atoms with Crippen LogP contribution in [0.5, 0.6) is 0 Å². The number of carbonyl (C=O) groups is 4. The smallest absolute Gasteiger partial charge is 0.408 e. The van der Waals surface area contributed by atoms with E-state index < -0.39 is 57.6 Å². The summed E-state index contributed by atoms with van der Waals surface area (Å²) in [6, 6.07) is 3.74. The number of nitrogens with one attached hydrogen (secondary N) is 3. The summed E-state index contributed by atoms with van der Waals surface area (Å²) in [5, 5.41) is 5.91. The molecule has 1 aromatic rings. The first-order valence-corrected chi connectivity index (χ1v) is 18.7. The average molecular weight is 741 g/mol. The van der Waals surface area contributed by atoms with E-state index in [1.807, 2.05) is 0 Å². The van der Waals surface area contributed by atoms with E-state index in [-0.39, 0.29) is 29.4 Å². The predicted octanol–water partition coefficient (Wildman–Crippen LogP) is 3.68. The molecule has 3 saturated carbocycles. The third-order valence-electron chi connectivity index (χ3n) is 8.93. The van der Waals surface area contributed by atoms with Gasteiger partial charge in [0.2, 0.25) is 21.8 Å². The minimum absolute atomic E-state index is 0.0113. The molecule has 4 amide bonds. The number of alkyl carbamates (subject to hydrolysis) is 1. The number of hydrogen-bond donors (Lipinski definition) is 3. The molecular formula is C31H42BrN5O7S2. The summed E-state index contributed by atoms with van der Waals surface area (Å²) in [6.07, 6.45) is 6.39. The Bertz CT molecular complexity index is 1490. The first-order valence-electron chi connectivity index (χ1n) is 15.6. The molecule has 5 rings (SSSR count). The minimum Gasteiger partial charge on any atom is -0.446 e. The highest BCUT2D eigenvalue weighted by Crippen LogP contribution is 2.46. The van der Waals surface area contributed by atoms with Crippen molar-refractivity contribution >= 4 is 61.7 Å². The van der Waals surface area contributed by atoms with Crippen LogP contribution >= 0.6 is 27.9 Å². The molecule has 1 saturated heterocycles. The second kappa shape index (κ2) is 13.5. The van der Waals surface area contributed by atoms with Crippen LogP contribution in [0.15, 0.2) is 46.3 Å². The van der Waals surface area contributed by atoms with Crippen molar-refractivity contribution in [3.8, 4) is 0 Å². The van der Waals surface area contributed by atoms with Crippen LogP contribution in [0.25, 0.3) is 0 Å². The van der Waals surface area contributed by atoms with Gasteiger partial charge in [-0.05, 0) is 80.5 Å². The Balaban J connectivity index is 1.41. The van der Waals surface area contributed by atoms with Gasteiger partial charge in [0.05, 0.1) is 11.6 Å². The number of amides is 4. The quantitative estimate of drug-likeness (QED) is 0.230. The molecule has 1 aliphatic heterocycles. The van der Waals surface area contributed by atoms with Gasteiger partial charge in [0.25, 0.3) is 5.91 Å². The van der Waals surface area contributed by atoms with Crippen molar-refractivity contribution in [2.24, 2.45) is 11.3 Å². The van der Waals surface area contributed by atoms with Crippen LogP contribution in [0.3, 0.4) is 0 Å². The van der Waals surface area contributed by atoms with Crippen molar-refractivity contribution in [3.05, 3.63) is 41.4 Å². The van der Waals surface area contributed by atoms with Crippen LogP contribution in [0.1, 0.15) is 65.7 Å². The molecule has 0 radical (unpaired) electrons. The molecule has 1 aromatic carbocycles. The highest BCUT2D eigenvalue weighted by molar-refractivity contribution is 9.10. The van der Waals surface area contributed by atoms with E-state index in [1.165, 1.54) is 29.0 Å². The largest absolute Gasteiger partial charge is 0.446 e. The fourth-order valence-electron chi connectivity index (χ4n) is 5.89. The number of sulfonamides is 1. The third-order valence-corrected chi connectivity index (χ3v) is 12.3. The molecular weight excluding hydrogens is 698 g/mol. The molecule has 15 heteroatoms. The van der Waals surface area contributed by atoms with Gasteiger partial charge in [0, 0.05) is 22.2 Å². The van der Waals surface area contributed by atoms with Crippen molar-refractivity contribution in [1.82, 2.24) is 24.6 Å². The molecule has 4 fully saturated rings. The zero-order chi connectivity index (χ0) is 33.4. The number of nitrogens with zero attached hydrogens (tertiary/aromatic N) is 2. The van der Waals surface area contributed by atoms with Crippen LogP contribution in [0.2, 0.25) is 0 Å². The first-order chi connectivity index (χ1) is 21.7. The lowest BCUT2D eigenvalue weighted by molar-refractivity contribution is -0.142. The number of rotatable bonds is 11. The topological polar surface area (TPSA) is 154 Å². The molecule has 0 bridgehead atoms. The molecule has 0 unspecified atom stereocenters. The van der Waals surface area contributed by atoms with Gasteiger partial charge in [-0.3, -0.25) is 19.1 Å². The standard InChI is InChI=1S/C31H42BrN5O7S2/c1-5-19-16-31(19,28(40)35-45-22-13-14-22)34-26(38)24-17-36(46(42,43)23-12-8-9-20(32)15-23)18-37(24)27(39)25(30(2,3)4)33-29(41)44-21-10-6-7-11-21/h5,8-9,12,15,19,21-22,24-25H,1,6-7,10-11,13-14,16-18H2,2-4H3,(H,33,41)(H,34,38)(H,35,40)/t19-,24+,25-,31-/m1/s1. The maximum absolute atomic E-state index is 14.3. The van der Waals surface area contributed by atoms with Crippen molar-refractivity contribution in [3.63, 3.8) is 0 Å². The third kappa shape index (κ3) is 7.57. The molecule has 1 heterocycles. The van der Waals surface area contributed by atoms with Crippen LogP contribution in [0.4, 0.5) is 4.79 Å². The van der Waals surface area contributed by atoms with Crippen molar-refractivity contribution in [2.45, 2.75) is 99.6 Å². The Hall–Kier alpha value is -2.62. The molecule has 0 spiro atoms. The van der Waals surface area contributed by atoms with E-state index in [4.69, 9.17) is 4.74 Å². The van der Waals surface area contributed by atoms with Crippen LogP contribution in [-0.4, -0.2) is 83.6 Å². The Labute approximate surface area is 283 Å². The van der Waals surface area contributed by atoms with Crippen molar-refractivity contribution in [2.75, 3.05) is 13.2 Å². The average Bonchev–Trinajstić information content (AvgIpc) is 3.83. The van der Waals surface area contributed by atoms with Gasteiger partial charge in [-0.1, -0.05) is 48.8 Å². The highest BCUT2D eigenvalue weighted by atomic mass is 79.9. The van der Waals surface area contributed by atoms with E-state index in [9.17, 15) is 27.6 Å². The number of ether oxygens (including phenoxy) is 1. The highest BCUT2D eigenvalue weighted by Gasteiger charge is 2.61.